The molecule has 0 aliphatic heterocycles. The fourth-order valence-corrected chi connectivity index (χ4v) is 2.94. The summed E-state index contributed by atoms with van der Waals surface area (Å²) in [5.74, 6) is 0.623. The third-order valence-electron chi connectivity index (χ3n) is 3.66. The number of thioether (sulfide) groups is 1. The second-order valence-corrected chi connectivity index (χ2v) is 6.97. The van der Waals surface area contributed by atoms with Gasteiger partial charge in [0.1, 0.15) is 0 Å². The molecule has 0 aliphatic carbocycles. The van der Waals surface area contributed by atoms with Crippen molar-refractivity contribution in [3.63, 3.8) is 0 Å². The molecular weight excluding hydrogens is 334 g/mol. The Morgan fingerprint density at radius 2 is 1.92 bits per heavy atom. The normalized spacial score (nSPS) is 11.9. The van der Waals surface area contributed by atoms with E-state index in [1.807, 2.05) is 50.2 Å². The van der Waals surface area contributed by atoms with Gasteiger partial charge in [0.2, 0.25) is 11.1 Å². The van der Waals surface area contributed by atoms with Crippen molar-refractivity contribution >= 4 is 17.7 Å². The van der Waals surface area contributed by atoms with Crippen molar-refractivity contribution in [2.45, 2.75) is 30.8 Å². The van der Waals surface area contributed by atoms with Gasteiger partial charge in [-0.15, -0.1) is 5.10 Å². The van der Waals surface area contributed by atoms with Crippen molar-refractivity contribution in [1.29, 1.82) is 0 Å². The number of rotatable bonds is 6. The van der Waals surface area contributed by atoms with Crippen molar-refractivity contribution in [2.24, 2.45) is 0 Å². The van der Waals surface area contributed by atoms with Crippen molar-refractivity contribution < 1.29 is 4.79 Å². The molecule has 3 rings (SSSR count). The molecule has 0 bridgehead atoms. The van der Waals surface area contributed by atoms with Crippen LogP contribution in [0.5, 0.6) is 0 Å². The van der Waals surface area contributed by atoms with Gasteiger partial charge in [-0.2, -0.15) is 0 Å². The average molecular weight is 353 g/mol. The van der Waals surface area contributed by atoms with Gasteiger partial charge in [0.25, 0.3) is 0 Å². The molecular formula is C18H19N5OS. The maximum atomic E-state index is 12.3. The molecule has 2 heterocycles. The maximum absolute atomic E-state index is 12.3. The predicted molar refractivity (Wildman–Crippen MR) is 98.0 cm³/mol. The number of nitrogens with zero attached hydrogens (tertiary/aromatic N) is 3. The molecule has 0 spiro atoms. The van der Waals surface area contributed by atoms with Gasteiger partial charge in [0, 0.05) is 24.5 Å². The van der Waals surface area contributed by atoms with Crippen LogP contribution < -0.4 is 5.32 Å². The maximum Gasteiger partial charge on any atom is 0.233 e. The lowest BCUT2D eigenvalue weighted by molar-refractivity contribution is -0.120. The molecule has 25 heavy (non-hydrogen) atoms. The second kappa shape index (κ2) is 7.94. The molecule has 3 aromatic rings. The molecule has 6 nitrogen and oxygen atoms in total. The number of pyridine rings is 1. The highest BCUT2D eigenvalue weighted by Gasteiger charge is 2.17. The lowest BCUT2D eigenvalue weighted by Gasteiger charge is -2.10. The van der Waals surface area contributed by atoms with E-state index in [0.717, 1.165) is 11.1 Å². The lowest BCUT2D eigenvalue weighted by atomic mass is 10.1. The standard InChI is InChI=1S/C18H19N5OS/c1-12-3-5-14(6-4-12)11-20-17(24)13(2)25-18-21-16(22-23-18)15-7-9-19-10-8-15/h3-10,13H,11H2,1-2H3,(H,20,24)(H,21,22,23)/t13-/m1/s1. The monoisotopic (exact) mass is 353 g/mol. The molecule has 1 atom stereocenters. The van der Waals surface area contributed by atoms with Crippen LogP contribution in [0.15, 0.2) is 53.9 Å². The van der Waals surface area contributed by atoms with E-state index >= 15 is 0 Å². The fraction of sp³-hybridized carbons (Fsp3) is 0.222. The molecule has 7 heteroatoms. The number of nitrogens with one attached hydrogen (secondary N) is 2. The van der Waals surface area contributed by atoms with Crippen LogP contribution in [-0.4, -0.2) is 31.3 Å². The first kappa shape index (κ1) is 17.2. The van der Waals surface area contributed by atoms with Gasteiger partial charge in [-0.3, -0.25) is 14.9 Å². The minimum absolute atomic E-state index is 0.0409. The first-order valence-electron chi connectivity index (χ1n) is 7.94. The van der Waals surface area contributed by atoms with Crippen LogP contribution in [0, 0.1) is 6.92 Å². The van der Waals surface area contributed by atoms with E-state index in [2.05, 4.69) is 25.5 Å². The van der Waals surface area contributed by atoms with Crippen molar-refractivity contribution in [1.82, 2.24) is 25.5 Å². The van der Waals surface area contributed by atoms with Crippen LogP contribution >= 0.6 is 11.8 Å². The summed E-state index contributed by atoms with van der Waals surface area (Å²) in [6, 6.07) is 11.8. The van der Waals surface area contributed by atoms with Gasteiger partial charge in [-0.1, -0.05) is 41.6 Å². The Bertz CT molecular complexity index is 832. The quantitative estimate of drug-likeness (QED) is 0.666. The second-order valence-electron chi connectivity index (χ2n) is 5.67. The lowest BCUT2D eigenvalue weighted by Crippen LogP contribution is -2.30. The number of aryl methyl sites for hydroxylation is 1. The molecule has 0 unspecified atom stereocenters. The van der Waals surface area contributed by atoms with E-state index in [-0.39, 0.29) is 11.2 Å². The van der Waals surface area contributed by atoms with Crippen molar-refractivity contribution in [2.75, 3.05) is 0 Å². The summed E-state index contributed by atoms with van der Waals surface area (Å²) in [5.41, 5.74) is 3.19. The minimum Gasteiger partial charge on any atom is -0.351 e. The summed E-state index contributed by atoms with van der Waals surface area (Å²) in [5, 5.41) is 10.3. The molecule has 1 aromatic carbocycles. The Hall–Kier alpha value is -2.67. The number of benzene rings is 1. The zero-order valence-electron chi connectivity index (χ0n) is 14.1. The zero-order chi connectivity index (χ0) is 17.6. The number of aromatic nitrogens is 4. The Morgan fingerprint density at radius 3 is 2.64 bits per heavy atom. The summed E-state index contributed by atoms with van der Waals surface area (Å²) in [6.07, 6.45) is 3.40. The summed E-state index contributed by atoms with van der Waals surface area (Å²) in [4.78, 5) is 20.7. The molecule has 2 aromatic heterocycles. The van der Waals surface area contributed by atoms with Gasteiger partial charge < -0.3 is 5.32 Å². The van der Waals surface area contributed by atoms with Crippen LogP contribution in [0.3, 0.4) is 0 Å². The highest BCUT2D eigenvalue weighted by Crippen LogP contribution is 2.22. The van der Waals surface area contributed by atoms with E-state index < -0.39 is 0 Å². The summed E-state index contributed by atoms with van der Waals surface area (Å²) >= 11 is 1.32. The van der Waals surface area contributed by atoms with Crippen LogP contribution in [0.4, 0.5) is 0 Å². The molecule has 0 saturated heterocycles. The van der Waals surface area contributed by atoms with Crippen molar-refractivity contribution in [3.8, 4) is 11.4 Å². The van der Waals surface area contributed by atoms with Crippen molar-refractivity contribution in [3.05, 3.63) is 59.9 Å². The molecule has 0 aliphatic rings. The summed E-state index contributed by atoms with van der Waals surface area (Å²) in [7, 11) is 0. The first-order chi connectivity index (χ1) is 12.1. The number of hydrogen-bond acceptors (Lipinski definition) is 5. The van der Waals surface area contributed by atoms with Crippen LogP contribution in [0.1, 0.15) is 18.1 Å². The Morgan fingerprint density at radius 1 is 1.20 bits per heavy atom. The van der Waals surface area contributed by atoms with E-state index in [9.17, 15) is 4.79 Å². The number of amides is 1. The fourth-order valence-electron chi connectivity index (χ4n) is 2.19. The number of carbonyl (C=O) groups is 1. The van der Waals surface area contributed by atoms with E-state index in [1.54, 1.807) is 12.4 Å². The largest absolute Gasteiger partial charge is 0.351 e. The third-order valence-corrected chi connectivity index (χ3v) is 4.62. The Kier molecular flexibility index (Phi) is 5.45. The molecule has 0 saturated carbocycles. The SMILES string of the molecule is Cc1ccc(CNC(=O)[C@@H](C)Sc2n[nH]c(-c3ccncc3)n2)cc1. The topological polar surface area (TPSA) is 83.6 Å². The first-order valence-corrected chi connectivity index (χ1v) is 8.82. The Labute approximate surface area is 150 Å². The van der Waals surface area contributed by atoms with Gasteiger partial charge in [0.05, 0.1) is 5.25 Å². The smallest absolute Gasteiger partial charge is 0.233 e. The summed E-state index contributed by atoms with van der Waals surface area (Å²) < 4.78 is 0. The van der Waals surface area contributed by atoms with Crippen LogP contribution in [0.2, 0.25) is 0 Å². The highest BCUT2D eigenvalue weighted by atomic mass is 32.2. The van der Waals surface area contributed by atoms with Gasteiger partial charge in [0.15, 0.2) is 5.82 Å². The molecule has 0 radical (unpaired) electrons. The van der Waals surface area contributed by atoms with Gasteiger partial charge in [-0.05, 0) is 31.5 Å². The molecule has 128 valence electrons. The highest BCUT2D eigenvalue weighted by molar-refractivity contribution is 8.00. The molecule has 1 amide bonds. The zero-order valence-corrected chi connectivity index (χ0v) is 14.9. The Balaban J connectivity index is 1.54. The van der Waals surface area contributed by atoms with Gasteiger partial charge in [-0.25, -0.2) is 4.98 Å². The molecule has 2 N–H and O–H groups in total. The number of hydrogen-bond donors (Lipinski definition) is 2. The van der Waals surface area contributed by atoms with Crippen LogP contribution in [-0.2, 0) is 11.3 Å². The van der Waals surface area contributed by atoms with E-state index in [1.165, 1.54) is 17.3 Å². The number of carbonyl (C=O) groups excluding carboxylic acids is 1. The summed E-state index contributed by atoms with van der Waals surface area (Å²) in [6.45, 7) is 4.40. The number of aromatic amines is 1. The number of H-pyrrole nitrogens is 1. The predicted octanol–water partition coefficient (Wildman–Crippen LogP) is 2.97. The van der Waals surface area contributed by atoms with E-state index in [0.29, 0.717) is 17.5 Å². The third kappa shape index (κ3) is 4.67. The van der Waals surface area contributed by atoms with Gasteiger partial charge >= 0.3 is 0 Å². The minimum atomic E-state index is -0.286. The molecule has 0 fully saturated rings. The average Bonchev–Trinajstić information content (AvgIpc) is 3.10. The van der Waals surface area contributed by atoms with Crippen LogP contribution in [0.25, 0.3) is 11.4 Å². The van der Waals surface area contributed by atoms with E-state index in [4.69, 9.17) is 0 Å².